The van der Waals surface area contributed by atoms with Crippen LogP contribution in [0.15, 0.2) is 0 Å². The molecule has 0 bridgehead atoms. The Labute approximate surface area is 103 Å². The van der Waals surface area contributed by atoms with Crippen molar-refractivity contribution in [3.05, 3.63) is 0 Å². The SMILES string of the molecule is CC1OC(C)C(C(=O)NC2CCCNC2)C1C. The minimum Gasteiger partial charge on any atom is -0.374 e. The molecule has 0 spiro atoms. The normalized spacial score (nSPS) is 42.4. The van der Waals surface area contributed by atoms with E-state index in [0.29, 0.717) is 12.0 Å². The molecule has 5 atom stereocenters. The van der Waals surface area contributed by atoms with Crippen LogP contribution in [0.4, 0.5) is 0 Å². The van der Waals surface area contributed by atoms with E-state index >= 15 is 0 Å². The fourth-order valence-electron chi connectivity index (χ4n) is 2.99. The zero-order valence-corrected chi connectivity index (χ0v) is 11.0. The maximum absolute atomic E-state index is 12.3. The maximum Gasteiger partial charge on any atom is 0.226 e. The summed E-state index contributed by atoms with van der Waals surface area (Å²) in [7, 11) is 0. The van der Waals surface area contributed by atoms with Crippen LogP contribution in [-0.2, 0) is 9.53 Å². The van der Waals surface area contributed by atoms with Gasteiger partial charge in [0.15, 0.2) is 0 Å². The van der Waals surface area contributed by atoms with Crippen LogP contribution in [0, 0.1) is 11.8 Å². The first kappa shape index (κ1) is 12.8. The second-order valence-corrected chi connectivity index (χ2v) is 5.48. The van der Waals surface area contributed by atoms with E-state index in [9.17, 15) is 4.79 Å². The number of piperidine rings is 1. The van der Waals surface area contributed by atoms with Crippen molar-refractivity contribution in [3.8, 4) is 0 Å². The van der Waals surface area contributed by atoms with Crippen molar-refractivity contribution in [2.75, 3.05) is 13.1 Å². The highest BCUT2D eigenvalue weighted by Gasteiger charge is 2.41. The Kier molecular flexibility index (Phi) is 4.05. The average molecular weight is 240 g/mol. The van der Waals surface area contributed by atoms with E-state index in [1.54, 1.807) is 0 Å². The molecule has 0 aromatic rings. The van der Waals surface area contributed by atoms with E-state index in [4.69, 9.17) is 4.74 Å². The molecule has 2 aliphatic rings. The van der Waals surface area contributed by atoms with Gasteiger partial charge >= 0.3 is 0 Å². The Morgan fingerprint density at radius 2 is 2.06 bits per heavy atom. The van der Waals surface area contributed by atoms with Crippen molar-refractivity contribution in [1.82, 2.24) is 10.6 Å². The van der Waals surface area contributed by atoms with E-state index < -0.39 is 0 Å². The molecule has 2 rings (SSSR count). The van der Waals surface area contributed by atoms with E-state index in [1.165, 1.54) is 0 Å². The van der Waals surface area contributed by atoms with Crippen LogP contribution in [0.3, 0.4) is 0 Å². The van der Waals surface area contributed by atoms with E-state index in [-0.39, 0.29) is 24.0 Å². The lowest BCUT2D eigenvalue weighted by Gasteiger charge is -2.27. The molecule has 4 nitrogen and oxygen atoms in total. The van der Waals surface area contributed by atoms with Gasteiger partial charge in [-0.1, -0.05) is 6.92 Å². The third-order valence-corrected chi connectivity index (χ3v) is 4.19. The lowest BCUT2D eigenvalue weighted by molar-refractivity contribution is -0.128. The van der Waals surface area contributed by atoms with Crippen LogP contribution in [0.5, 0.6) is 0 Å². The Balaban J connectivity index is 1.90. The number of hydrogen-bond acceptors (Lipinski definition) is 3. The lowest BCUT2D eigenvalue weighted by Crippen LogP contribution is -2.49. The fourth-order valence-corrected chi connectivity index (χ4v) is 2.99. The summed E-state index contributed by atoms with van der Waals surface area (Å²) in [6.07, 6.45) is 2.46. The summed E-state index contributed by atoms with van der Waals surface area (Å²) < 4.78 is 5.72. The molecular weight excluding hydrogens is 216 g/mol. The summed E-state index contributed by atoms with van der Waals surface area (Å²) >= 11 is 0. The lowest BCUT2D eigenvalue weighted by atomic mass is 9.88. The van der Waals surface area contributed by atoms with Crippen LogP contribution in [0.2, 0.25) is 0 Å². The molecule has 0 aliphatic carbocycles. The van der Waals surface area contributed by atoms with Crippen LogP contribution in [0.1, 0.15) is 33.6 Å². The number of rotatable bonds is 2. The number of ether oxygens (including phenoxy) is 1. The predicted molar refractivity (Wildman–Crippen MR) is 66.7 cm³/mol. The standard InChI is InChI=1S/C13H24N2O2/c1-8-9(2)17-10(3)12(8)13(16)15-11-5-4-6-14-7-11/h8-12,14H,4-7H2,1-3H3,(H,15,16). The predicted octanol–water partition coefficient (Wildman–Crippen LogP) is 0.914. The monoisotopic (exact) mass is 240 g/mol. The van der Waals surface area contributed by atoms with Crippen molar-refractivity contribution in [1.29, 1.82) is 0 Å². The third kappa shape index (κ3) is 2.80. The van der Waals surface area contributed by atoms with Gasteiger partial charge in [-0.15, -0.1) is 0 Å². The smallest absolute Gasteiger partial charge is 0.226 e. The highest BCUT2D eigenvalue weighted by molar-refractivity contribution is 5.80. The third-order valence-electron chi connectivity index (χ3n) is 4.19. The van der Waals surface area contributed by atoms with Gasteiger partial charge in [-0.25, -0.2) is 0 Å². The summed E-state index contributed by atoms with van der Waals surface area (Å²) in [5, 5.41) is 6.48. The topological polar surface area (TPSA) is 50.4 Å². The molecule has 17 heavy (non-hydrogen) atoms. The van der Waals surface area contributed by atoms with E-state index in [2.05, 4.69) is 24.5 Å². The fraction of sp³-hybridized carbons (Fsp3) is 0.923. The summed E-state index contributed by atoms with van der Waals surface area (Å²) in [4.78, 5) is 12.3. The summed E-state index contributed by atoms with van der Waals surface area (Å²) in [6, 6.07) is 0.298. The second-order valence-electron chi connectivity index (χ2n) is 5.48. The van der Waals surface area contributed by atoms with Crippen molar-refractivity contribution < 1.29 is 9.53 Å². The molecule has 0 aromatic heterocycles. The van der Waals surface area contributed by atoms with Crippen molar-refractivity contribution in [3.63, 3.8) is 0 Å². The molecule has 2 fully saturated rings. The summed E-state index contributed by atoms with van der Waals surface area (Å²) in [5.41, 5.74) is 0. The molecule has 2 aliphatic heterocycles. The molecule has 2 heterocycles. The zero-order valence-electron chi connectivity index (χ0n) is 11.0. The molecule has 5 unspecified atom stereocenters. The molecule has 2 N–H and O–H groups in total. The first-order valence-corrected chi connectivity index (χ1v) is 6.76. The van der Waals surface area contributed by atoms with Gasteiger partial charge in [0, 0.05) is 12.6 Å². The highest BCUT2D eigenvalue weighted by atomic mass is 16.5. The number of carbonyl (C=O) groups is 1. The van der Waals surface area contributed by atoms with Gasteiger partial charge in [-0.05, 0) is 39.2 Å². The first-order valence-electron chi connectivity index (χ1n) is 6.76. The molecule has 98 valence electrons. The van der Waals surface area contributed by atoms with Gasteiger partial charge in [0.2, 0.25) is 5.91 Å². The molecular formula is C13H24N2O2. The van der Waals surface area contributed by atoms with Crippen molar-refractivity contribution in [2.45, 2.75) is 51.9 Å². The van der Waals surface area contributed by atoms with Gasteiger partial charge in [0.25, 0.3) is 0 Å². The van der Waals surface area contributed by atoms with Gasteiger partial charge in [-0.3, -0.25) is 4.79 Å². The van der Waals surface area contributed by atoms with Crippen LogP contribution >= 0.6 is 0 Å². The maximum atomic E-state index is 12.3. The number of amides is 1. The molecule has 1 amide bonds. The van der Waals surface area contributed by atoms with Gasteiger partial charge < -0.3 is 15.4 Å². The summed E-state index contributed by atoms with van der Waals surface area (Å²) in [6.45, 7) is 8.14. The Hall–Kier alpha value is -0.610. The number of nitrogens with one attached hydrogen (secondary N) is 2. The highest BCUT2D eigenvalue weighted by Crippen LogP contribution is 2.32. The minimum atomic E-state index is 0.00641. The molecule has 0 radical (unpaired) electrons. The first-order chi connectivity index (χ1) is 8.09. The molecule has 2 saturated heterocycles. The Morgan fingerprint density at radius 1 is 1.29 bits per heavy atom. The number of carbonyl (C=O) groups excluding carboxylic acids is 1. The Bertz CT molecular complexity index is 277. The molecule has 0 saturated carbocycles. The van der Waals surface area contributed by atoms with Gasteiger partial charge in [0.05, 0.1) is 18.1 Å². The van der Waals surface area contributed by atoms with Crippen LogP contribution < -0.4 is 10.6 Å². The Morgan fingerprint density at radius 3 is 2.59 bits per heavy atom. The van der Waals surface area contributed by atoms with E-state index in [0.717, 1.165) is 25.9 Å². The van der Waals surface area contributed by atoms with Crippen molar-refractivity contribution >= 4 is 5.91 Å². The summed E-state index contributed by atoms with van der Waals surface area (Å²) in [5.74, 6) is 0.483. The quantitative estimate of drug-likeness (QED) is 0.754. The zero-order chi connectivity index (χ0) is 12.4. The average Bonchev–Trinajstić information content (AvgIpc) is 2.54. The largest absolute Gasteiger partial charge is 0.374 e. The van der Waals surface area contributed by atoms with E-state index in [1.807, 2.05) is 6.92 Å². The number of hydrogen-bond donors (Lipinski definition) is 2. The van der Waals surface area contributed by atoms with Gasteiger partial charge in [-0.2, -0.15) is 0 Å². The molecule has 0 aromatic carbocycles. The molecule has 4 heteroatoms. The van der Waals surface area contributed by atoms with Gasteiger partial charge in [0.1, 0.15) is 0 Å². The van der Waals surface area contributed by atoms with Crippen molar-refractivity contribution in [2.24, 2.45) is 11.8 Å². The van der Waals surface area contributed by atoms with Crippen LogP contribution in [-0.4, -0.2) is 37.2 Å². The van der Waals surface area contributed by atoms with Crippen LogP contribution in [0.25, 0.3) is 0 Å². The minimum absolute atomic E-state index is 0.00641. The second kappa shape index (κ2) is 5.36.